The minimum Gasteiger partial charge on any atom is -0.493 e. The van der Waals surface area contributed by atoms with Crippen LogP contribution in [0.3, 0.4) is 0 Å². The lowest BCUT2D eigenvalue weighted by atomic mass is 9.92. The van der Waals surface area contributed by atoms with Gasteiger partial charge in [-0.05, 0) is 68.0 Å². The molecule has 0 atom stereocenters. The van der Waals surface area contributed by atoms with Crippen molar-refractivity contribution in [3.63, 3.8) is 0 Å². The van der Waals surface area contributed by atoms with Crippen molar-refractivity contribution in [2.45, 2.75) is 37.5 Å². The molecule has 1 amide bonds. The summed E-state index contributed by atoms with van der Waals surface area (Å²) in [5, 5.41) is 0.299. The molecule has 2 aromatic rings. The number of carbonyl (C=O) groups is 1. The van der Waals surface area contributed by atoms with Crippen molar-refractivity contribution in [3.05, 3.63) is 52.0 Å². The minimum atomic E-state index is -3.60. The molecule has 0 spiro atoms. The number of ether oxygens (including phenoxy) is 2. The van der Waals surface area contributed by atoms with E-state index in [0.29, 0.717) is 46.7 Å². The van der Waals surface area contributed by atoms with Gasteiger partial charge in [0.1, 0.15) is 0 Å². The van der Waals surface area contributed by atoms with E-state index < -0.39 is 10.0 Å². The van der Waals surface area contributed by atoms with Crippen LogP contribution in [0.1, 0.15) is 41.3 Å². The van der Waals surface area contributed by atoms with Gasteiger partial charge in [-0.3, -0.25) is 4.79 Å². The fourth-order valence-corrected chi connectivity index (χ4v) is 6.20. The summed E-state index contributed by atoms with van der Waals surface area (Å²) in [6.07, 6.45) is 4.18. The van der Waals surface area contributed by atoms with E-state index >= 15 is 0 Å². The van der Waals surface area contributed by atoms with Crippen LogP contribution in [0.5, 0.6) is 11.5 Å². The Bertz CT molecular complexity index is 1140. The van der Waals surface area contributed by atoms with E-state index in [1.807, 2.05) is 19.1 Å². The molecule has 1 saturated heterocycles. The molecular weight excluding hydrogens is 464 g/mol. The Morgan fingerprint density at radius 1 is 1.03 bits per heavy atom. The number of halogens is 1. The number of hydrogen-bond acceptors (Lipinski definition) is 5. The van der Waals surface area contributed by atoms with Crippen molar-refractivity contribution in [2.24, 2.45) is 0 Å². The summed E-state index contributed by atoms with van der Waals surface area (Å²) in [7, 11) is -2.11. The highest BCUT2D eigenvalue weighted by Gasteiger charge is 2.31. The van der Waals surface area contributed by atoms with Crippen LogP contribution in [-0.2, 0) is 22.9 Å². The molecule has 4 rings (SSSR count). The van der Waals surface area contributed by atoms with Crippen molar-refractivity contribution in [1.29, 1.82) is 0 Å². The van der Waals surface area contributed by atoms with E-state index in [1.165, 1.54) is 17.0 Å². The largest absolute Gasteiger partial charge is 0.493 e. The molecule has 2 aliphatic rings. The summed E-state index contributed by atoms with van der Waals surface area (Å²) in [6, 6.07) is 8.66. The minimum absolute atomic E-state index is 0.218. The molecule has 7 nitrogen and oxygen atoms in total. The van der Waals surface area contributed by atoms with E-state index in [2.05, 4.69) is 0 Å². The Kier molecular flexibility index (Phi) is 7.16. The normalized spacial score (nSPS) is 16.9. The molecule has 178 valence electrons. The second-order valence-electron chi connectivity index (χ2n) is 8.26. The zero-order chi connectivity index (χ0) is 23.6. The molecule has 0 N–H and O–H groups in total. The van der Waals surface area contributed by atoms with Crippen molar-refractivity contribution in [1.82, 2.24) is 9.21 Å². The summed E-state index contributed by atoms with van der Waals surface area (Å²) in [6.45, 7) is 3.35. The van der Waals surface area contributed by atoms with Crippen LogP contribution in [0.4, 0.5) is 0 Å². The molecule has 0 aromatic heterocycles. The van der Waals surface area contributed by atoms with Crippen LogP contribution < -0.4 is 9.47 Å². The van der Waals surface area contributed by atoms with Crippen LogP contribution in [0.2, 0.25) is 5.02 Å². The van der Waals surface area contributed by atoms with E-state index in [1.54, 1.807) is 23.1 Å². The lowest BCUT2D eigenvalue weighted by Gasteiger charge is -2.34. The highest BCUT2D eigenvalue weighted by Crippen LogP contribution is 2.37. The van der Waals surface area contributed by atoms with Gasteiger partial charge in [-0.25, -0.2) is 8.42 Å². The van der Waals surface area contributed by atoms with E-state index in [4.69, 9.17) is 21.1 Å². The molecule has 0 radical (unpaired) electrons. The second kappa shape index (κ2) is 9.91. The van der Waals surface area contributed by atoms with Crippen LogP contribution in [-0.4, -0.2) is 63.4 Å². The van der Waals surface area contributed by atoms with Crippen molar-refractivity contribution in [3.8, 4) is 11.5 Å². The topological polar surface area (TPSA) is 76.2 Å². The SMILES string of the molecule is CCOc1c(Cl)cc(C(=O)N2CCN(S(=O)(=O)c3ccc4c(c3)CCCC4)CC2)cc1OC. The maximum absolute atomic E-state index is 13.2. The Hall–Kier alpha value is -2.29. The van der Waals surface area contributed by atoms with Gasteiger partial charge in [-0.15, -0.1) is 0 Å². The molecule has 0 saturated carbocycles. The molecule has 0 unspecified atom stereocenters. The van der Waals surface area contributed by atoms with Gasteiger partial charge >= 0.3 is 0 Å². The molecule has 1 fully saturated rings. The van der Waals surface area contributed by atoms with Gasteiger partial charge in [0.2, 0.25) is 10.0 Å². The Labute approximate surface area is 200 Å². The van der Waals surface area contributed by atoms with E-state index in [0.717, 1.165) is 31.2 Å². The maximum Gasteiger partial charge on any atom is 0.254 e. The lowest BCUT2D eigenvalue weighted by molar-refractivity contribution is 0.0697. The average molecular weight is 493 g/mol. The number of fused-ring (bicyclic) bond motifs is 1. The number of sulfonamides is 1. The van der Waals surface area contributed by atoms with Crippen molar-refractivity contribution in [2.75, 3.05) is 39.9 Å². The first kappa shape index (κ1) is 23.9. The molecule has 33 heavy (non-hydrogen) atoms. The second-order valence-corrected chi connectivity index (χ2v) is 10.6. The number of carbonyl (C=O) groups excluding carboxylic acids is 1. The van der Waals surface area contributed by atoms with Gasteiger partial charge in [-0.1, -0.05) is 17.7 Å². The number of amides is 1. The number of nitrogens with zero attached hydrogens (tertiary/aromatic N) is 2. The summed E-state index contributed by atoms with van der Waals surface area (Å²) >= 11 is 6.31. The number of piperazine rings is 1. The summed E-state index contributed by atoms with van der Waals surface area (Å²) in [4.78, 5) is 15.1. The first-order valence-electron chi connectivity index (χ1n) is 11.3. The van der Waals surface area contributed by atoms with Gasteiger partial charge in [-0.2, -0.15) is 4.31 Å². The average Bonchev–Trinajstić information content (AvgIpc) is 2.84. The number of methoxy groups -OCH3 is 1. The van der Waals surface area contributed by atoms with Crippen LogP contribution in [0.15, 0.2) is 35.2 Å². The molecular formula is C24H29ClN2O5S. The smallest absolute Gasteiger partial charge is 0.254 e. The summed E-state index contributed by atoms with van der Waals surface area (Å²) in [5.41, 5.74) is 2.77. The van der Waals surface area contributed by atoms with Gasteiger partial charge in [0.15, 0.2) is 11.5 Å². The van der Waals surface area contributed by atoms with Gasteiger partial charge in [0.05, 0.1) is 23.6 Å². The molecule has 1 aliphatic carbocycles. The third kappa shape index (κ3) is 4.83. The first-order valence-corrected chi connectivity index (χ1v) is 13.1. The number of rotatable bonds is 6. The molecule has 1 aliphatic heterocycles. The standard InChI is InChI=1S/C24H29ClN2O5S/c1-3-32-23-21(25)15-19(16-22(23)31-2)24(28)26-10-12-27(13-11-26)33(29,30)20-9-8-17-6-4-5-7-18(17)14-20/h8-9,14-16H,3-7,10-13H2,1-2H3. The fraction of sp³-hybridized carbons (Fsp3) is 0.458. The van der Waals surface area contributed by atoms with Crippen LogP contribution in [0, 0.1) is 0 Å². The fourth-order valence-electron chi connectivity index (χ4n) is 4.46. The van der Waals surface area contributed by atoms with Gasteiger partial charge in [0, 0.05) is 31.7 Å². The van der Waals surface area contributed by atoms with E-state index in [9.17, 15) is 13.2 Å². The van der Waals surface area contributed by atoms with Gasteiger partial charge in [0.25, 0.3) is 5.91 Å². The zero-order valence-electron chi connectivity index (χ0n) is 19.0. The van der Waals surface area contributed by atoms with Crippen LogP contribution in [0.25, 0.3) is 0 Å². The van der Waals surface area contributed by atoms with E-state index in [-0.39, 0.29) is 19.0 Å². The maximum atomic E-state index is 13.2. The number of hydrogen-bond donors (Lipinski definition) is 0. The molecule has 1 heterocycles. The lowest BCUT2D eigenvalue weighted by Crippen LogP contribution is -2.50. The first-order chi connectivity index (χ1) is 15.8. The van der Waals surface area contributed by atoms with Crippen LogP contribution >= 0.6 is 11.6 Å². The van der Waals surface area contributed by atoms with Crippen molar-refractivity contribution < 1.29 is 22.7 Å². The third-order valence-corrected chi connectivity index (χ3v) is 8.42. The molecule has 9 heteroatoms. The highest BCUT2D eigenvalue weighted by molar-refractivity contribution is 7.89. The zero-order valence-corrected chi connectivity index (χ0v) is 20.5. The summed E-state index contributed by atoms with van der Waals surface area (Å²) in [5.74, 6) is 0.574. The number of aryl methyl sites for hydroxylation is 2. The Morgan fingerprint density at radius 3 is 2.39 bits per heavy atom. The molecule has 0 bridgehead atoms. The third-order valence-electron chi connectivity index (χ3n) is 6.25. The Balaban J connectivity index is 1.46. The quantitative estimate of drug-likeness (QED) is 0.613. The monoisotopic (exact) mass is 492 g/mol. The predicted molar refractivity (Wildman–Crippen MR) is 127 cm³/mol. The van der Waals surface area contributed by atoms with Gasteiger partial charge < -0.3 is 14.4 Å². The number of benzene rings is 2. The molecule has 2 aromatic carbocycles. The predicted octanol–water partition coefficient (Wildman–Crippen LogP) is 3.77. The summed E-state index contributed by atoms with van der Waals surface area (Å²) < 4.78 is 38.8. The van der Waals surface area contributed by atoms with Crippen molar-refractivity contribution >= 4 is 27.5 Å². The highest BCUT2D eigenvalue weighted by atomic mass is 35.5. The Morgan fingerprint density at radius 2 is 1.73 bits per heavy atom.